The van der Waals surface area contributed by atoms with Gasteiger partial charge in [0.1, 0.15) is 5.82 Å². The fourth-order valence-electron chi connectivity index (χ4n) is 6.60. The second-order valence-corrected chi connectivity index (χ2v) is 13.1. The van der Waals surface area contributed by atoms with E-state index in [1.54, 1.807) is 0 Å². The summed E-state index contributed by atoms with van der Waals surface area (Å²) in [5.41, 5.74) is 11.5. The van der Waals surface area contributed by atoms with E-state index in [2.05, 4.69) is 132 Å². The molecule has 4 aromatic carbocycles. The molecule has 0 saturated carbocycles. The van der Waals surface area contributed by atoms with Crippen molar-refractivity contribution in [3.8, 4) is 34.1 Å². The van der Waals surface area contributed by atoms with Gasteiger partial charge in [0, 0.05) is 35.0 Å². The Kier molecular flexibility index (Phi) is 9.45. The first-order valence-electron chi connectivity index (χ1n) is 16.5. The van der Waals surface area contributed by atoms with E-state index in [0.29, 0.717) is 23.3 Å². The molecule has 0 fully saturated rings. The summed E-state index contributed by atoms with van der Waals surface area (Å²) in [5, 5.41) is 7.07. The number of pyridine rings is 1. The van der Waals surface area contributed by atoms with E-state index in [1.807, 2.05) is 29.2 Å². The van der Waals surface area contributed by atoms with Crippen LogP contribution in [0.1, 0.15) is 74.3 Å². The number of ether oxygens (including phenoxy) is 1. The Morgan fingerprint density at radius 1 is 0.792 bits per heavy atom. The van der Waals surface area contributed by atoms with E-state index < -0.39 is 0 Å². The van der Waals surface area contributed by atoms with Gasteiger partial charge >= 0.3 is 21.1 Å². The number of aromatic nitrogens is 4. The van der Waals surface area contributed by atoms with E-state index >= 15 is 0 Å². The minimum Gasteiger partial charge on any atom is -0.509 e. The summed E-state index contributed by atoms with van der Waals surface area (Å²) in [6.45, 7) is 15.5. The van der Waals surface area contributed by atoms with Crippen LogP contribution in [0.2, 0.25) is 0 Å². The number of nitrogens with zero attached hydrogens (tertiary/aromatic N) is 4. The quantitative estimate of drug-likeness (QED) is 0.144. The second-order valence-electron chi connectivity index (χ2n) is 13.1. The van der Waals surface area contributed by atoms with Crippen LogP contribution in [0.15, 0.2) is 91.4 Å². The van der Waals surface area contributed by atoms with Crippen molar-refractivity contribution in [2.75, 3.05) is 0 Å². The summed E-state index contributed by atoms with van der Waals surface area (Å²) >= 11 is 0. The maximum Gasteiger partial charge on any atom is 2.00 e. The Bertz CT molecular complexity index is 2230. The molecule has 7 rings (SSSR count). The van der Waals surface area contributed by atoms with Crippen LogP contribution in [-0.4, -0.2) is 19.3 Å². The Morgan fingerprint density at radius 3 is 2.25 bits per heavy atom. The maximum absolute atomic E-state index is 6.48. The Hall–Kier alpha value is -4.47. The molecule has 244 valence electrons. The van der Waals surface area contributed by atoms with Crippen molar-refractivity contribution in [3.63, 3.8) is 0 Å². The number of fused-ring (bicyclic) bond motifs is 3. The van der Waals surface area contributed by atoms with Crippen LogP contribution in [0.25, 0.3) is 44.4 Å². The van der Waals surface area contributed by atoms with E-state index in [1.165, 1.54) is 27.8 Å². The number of para-hydroxylation sites is 1. The number of hydrogen-bond donors (Lipinski definition) is 0. The molecule has 0 unspecified atom stereocenters. The van der Waals surface area contributed by atoms with Gasteiger partial charge < -0.3 is 9.30 Å². The molecule has 3 aromatic heterocycles. The second kappa shape index (κ2) is 13.6. The van der Waals surface area contributed by atoms with Crippen LogP contribution in [0, 0.1) is 26.0 Å². The van der Waals surface area contributed by atoms with E-state index in [4.69, 9.17) is 14.8 Å². The zero-order valence-corrected chi connectivity index (χ0v) is 30.8. The molecule has 0 spiro atoms. The molecule has 0 saturated heterocycles. The van der Waals surface area contributed by atoms with Crippen LogP contribution in [0.5, 0.6) is 11.5 Å². The Morgan fingerprint density at radius 2 is 1.52 bits per heavy atom. The standard InChI is InChI=1S/C42H40N4O.Pt/c1-8-30-15-16-43-41(21-30)46-39-12-10-9-11-35(39)36-14-13-33(23-40(36)46)47-34-18-28(6)17-32(22-34)45-25-31(24-44-45)42-37(26(2)3)19-29(7)20-38(42)27(4)5;/h9-21,24-27H,8H2,1-7H3;/q-2;+2. The van der Waals surface area contributed by atoms with Crippen molar-refractivity contribution < 1.29 is 25.8 Å². The topological polar surface area (TPSA) is 44.9 Å². The zero-order chi connectivity index (χ0) is 32.8. The minimum atomic E-state index is 0. The largest absolute Gasteiger partial charge is 2.00 e. The van der Waals surface area contributed by atoms with Gasteiger partial charge in [-0.05, 0) is 76.7 Å². The van der Waals surface area contributed by atoms with E-state index in [0.717, 1.165) is 50.9 Å². The summed E-state index contributed by atoms with van der Waals surface area (Å²) in [5.74, 6) is 2.90. The predicted octanol–water partition coefficient (Wildman–Crippen LogP) is 10.8. The molecule has 0 N–H and O–H groups in total. The Balaban J connectivity index is 0.00000401. The molecule has 6 heteroatoms. The molecule has 0 aliphatic carbocycles. The third kappa shape index (κ3) is 6.24. The molecule has 0 aliphatic heterocycles. The first-order chi connectivity index (χ1) is 22.7. The van der Waals surface area contributed by atoms with Gasteiger partial charge in [-0.25, -0.2) is 4.98 Å². The van der Waals surface area contributed by atoms with Crippen LogP contribution in [0.4, 0.5) is 0 Å². The molecule has 0 aliphatic rings. The van der Waals surface area contributed by atoms with Crippen LogP contribution < -0.4 is 4.74 Å². The molecule has 0 bridgehead atoms. The number of benzene rings is 4. The fraction of sp³-hybridized carbons (Fsp3) is 0.238. The molecule has 0 atom stereocenters. The molecule has 7 aromatic rings. The van der Waals surface area contributed by atoms with Gasteiger partial charge in [0.15, 0.2) is 0 Å². The van der Waals surface area contributed by atoms with Crippen molar-refractivity contribution in [3.05, 3.63) is 131 Å². The number of hydrogen-bond acceptors (Lipinski definition) is 3. The molecule has 5 nitrogen and oxygen atoms in total. The van der Waals surface area contributed by atoms with Gasteiger partial charge in [0.25, 0.3) is 0 Å². The zero-order valence-electron chi connectivity index (χ0n) is 28.5. The summed E-state index contributed by atoms with van der Waals surface area (Å²) in [6, 6.07) is 32.5. The summed E-state index contributed by atoms with van der Waals surface area (Å²) < 4.78 is 10.6. The molecule has 3 heterocycles. The average molecular weight is 812 g/mol. The van der Waals surface area contributed by atoms with Gasteiger partial charge in [-0.1, -0.05) is 83.0 Å². The van der Waals surface area contributed by atoms with E-state index in [-0.39, 0.29) is 21.1 Å². The molecule has 0 amide bonds. The van der Waals surface area contributed by atoms with Crippen LogP contribution in [-0.2, 0) is 27.5 Å². The first-order valence-corrected chi connectivity index (χ1v) is 16.5. The predicted molar refractivity (Wildman–Crippen MR) is 192 cm³/mol. The number of aryl methyl sites for hydroxylation is 3. The first kappa shape index (κ1) is 33.4. The maximum atomic E-state index is 6.48. The molecular formula is C42H40N4OPt. The van der Waals surface area contributed by atoms with Gasteiger partial charge in [-0.2, -0.15) is 16.7 Å². The van der Waals surface area contributed by atoms with Crippen LogP contribution >= 0.6 is 0 Å². The molecule has 48 heavy (non-hydrogen) atoms. The fourth-order valence-corrected chi connectivity index (χ4v) is 6.60. The average Bonchev–Trinajstić information content (AvgIpc) is 3.67. The van der Waals surface area contributed by atoms with Crippen molar-refractivity contribution in [1.29, 1.82) is 0 Å². The smallest absolute Gasteiger partial charge is 0.509 e. The van der Waals surface area contributed by atoms with Gasteiger partial charge in [0.2, 0.25) is 0 Å². The SMILES string of the molecule is CCc1ccnc(-n2c3[c-]c(Oc4[c-]c(-n5cc(-c6c(C(C)C)cc(C)cc6C(C)C)cn5)cc(C)c4)ccc3c3ccccc32)c1.[Pt+2]. The summed E-state index contributed by atoms with van der Waals surface area (Å²) in [4.78, 5) is 4.74. The third-order valence-corrected chi connectivity index (χ3v) is 8.90. The summed E-state index contributed by atoms with van der Waals surface area (Å²) in [6.07, 6.45) is 6.91. The summed E-state index contributed by atoms with van der Waals surface area (Å²) in [7, 11) is 0. The van der Waals surface area contributed by atoms with Gasteiger partial charge in [-0.15, -0.1) is 35.7 Å². The van der Waals surface area contributed by atoms with Crippen molar-refractivity contribution in [2.45, 2.75) is 66.7 Å². The van der Waals surface area contributed by atoms with Gasteiger partial charge in [0.05, 0.1) is 6.20 Å². The van der Waals surface area contributed by atoms with Crippen molar-refractivity contribution >= 4 is 21.8 Å². The van der Waals surface area contributed by atoms with Crippen molar-refractivity contribution in [1.82, 2.24) is 19.3 Å². The monoisotopic (exact) mass is 811 g/mol. The normalized spacial score (nSPS) is 11.5. The molecular weight excluding hydrogens is 772 g/mol. The third-order valence-electron chi connectivity index (χ3n) is 8.90. The van der Waals surface area contributed by atoms with E-state index in [9.17, 15) is 0 Å². The molecule has 0 radical (unpaired) electrons. The van der Waals surface area contributed by atoms with Crippen molar-refractivity contribution in [2.24, 2.45) is 0 Å². The number of rotatable bonds is 8. The Labute approximate surface area is 297 Å². The minimum absolute atomic E-state index is 0. The van der Waals surface area contributed by atoms with Crippen LogP contribution in [0.3, 0.4) is 0 Å². The van der Waals surface area contributed by atoms with Gasteiger partial charge in [-0.3, -0.25) is 4.68 Å².